The Hall–Kier alpha value is -3.59. The van der Waals surface area contributed by atoms with Gasteiger partial charge in [0.05, 0.1) is 4.92 Å². The van der Waals surface area contributed by atoms with Gasteiger partial charge in [0, 0.05) is 37.3 Å². The van der Waals surface area contributed by atoms with Gasteiger partial charge in [0.2, 0.25) is 0 Å². The summed E-state index contributed by atoms with van der Waals surface area (Å²) in [4.78, 5) is 29.9. The molecule has 2 heterocycles. The van der Waals surface area contributed by atoms with Crippen LogP contribution >= 0.6 is 0 Å². The topological polar surface area (TPSA) is 106 Å². The van der Waals surface area contributed by atoms with Gasteiger partial charge in [-0.1, -0.05) is 29.8 Å². The fourth-order valence-electron chi connectivity index (χ4n) is 3.91. The first kappa shape index (κ1) is 20.7. The number of carbonyl (C=O) groups excluding carboxylic acids is 1. The first-order chi connectivity index (χ1) is 15.0. The molecule has 1 aromatic heterocycles. The lowest BCUT2D eigenvalue weighted by Crippen LogP contribution is -2.44. The molecule has 3 aromatic rings. The van der Waals surface area contributed by atoms with Crippen LogP contribution in [0.25, 0.3) is 5.69 Å². The number of nitro groups is 1. The van der Waals surface area contributed by atoms with E-state index < -0.39 is 4.92 Å². The van der Waals surface area contributed by atoms with Gasteiger partial charge in [-0.3, -0.25) is 19.8 Å². The minimum atomic E-state index is -0.516. The van der Waals surface area contributed by atoms with E-state index in [1.54, 1.807) is 6.07 Å². The van der Waals surface area contributed by atoms with E-state index in [1.165, 1.54) is 40.6 Å². The van der Waals surface area contributed by atoms with Gasteiger partial charge in [0.15, 0.2) is 0 Å². The van der Waals surface area contributed by atoms with E-state index in [-0.39, 0.29) is 28.9 Å². The fourth-order valence-corrected chi connectivity index (χ4v) is 3.91. The first-order valence-corrected chi connectivity index (χ1v) is 10.2. The lowest BCUT2D eigenvalue weighted by atomic mass is 10.0. The maximum Gasteiger partial charge on any atom is 0.295 e. The Morgan fingerprint density at radius 1 is 1.23 bits per heavy atom. The quantitative estimate of drug-likeness (QED) is 0.485. The van der Waals surface area contributed by atoms with E-state index in [0.717, 1.165) is 32.5 Å². The summed E-state index contributed by atoms with van der Waals surface area (Å²) < 4.78 is 1.31. The SMILES string of the molecule is Cc1cccc(CN2CCC(NC(=O)c3ccc(-n4cncn4)c([N+](=O)[O-])c3)CC2)c1. The number of aryl methyl sites for hydroxylation is 1. The van der Waals surface area contributed by atoms with Crippen LogP contribution in [0.2, 0.25) is 0 Å². The number of hydrogen-bond acceptors (Lipinski definition) is 6. The molecule has 9 heteroatoms. The van der Waals surface area contributed by atoms with E-state index >= 15 is 0 Å². The van der Waals surface area contributed by atoms with Crippen molar-refractivity contribution in [1.29, 1.82) is 0 Å². The molecule has 0 aliphatic carbocycles. The maximum atomic E-state index is 12.7. The summed E-state index contributed by atoms with van der Waals surface area (Å²) in [5.74, 6) is -0.301. The van der Waals surface area contributed by atoms with Crippen molar-refractivity contribution in [3.05, 3.63) is 81.9 Å². The molecule has 9 nitrogen and oxygen atoms in total. The molecule has 0 bridgehead atoms. The van der Waals surface area contributed by atoms with E-state index in [9.17, 15) is 14.9 Å². The second kappa shape index (κ2) is 9.05. The lowest BCUT2D eigenvalue weighted by molar-refractivity contribution is -0.384. The molecule has 0 saturated carbocycles. The van der Waals surface area contributed by atoms with Gasteiger partial charge in [-0.15, -0.1) is 0 Å². The van der Waals surface area contributed by atoms with Crippen LogP contribution in [0.5, 0.6) is 0 Å². The molecule has 1 saturated heterocycles. The second-order valence-corrected chi connectivity index (χ2v) is 7.81. The fraction of sp³-hybridized carbons (Fsp3) is 0.318. The summed E-state index contributed by atoms with van der Waals surface area (Å²) in [6.07, 6.45) is 4.37. The van der Waals surface area contributed by atoms with Crippen molar-refractivity contribution in [1.82, 2.24) is 25.0 Å². The van der Waals surface area contributed by atoms with Gasteiger partial charge in [0.1, 0.15) is 18.3 Å². The van der Waals surface area contributed by atoms with E-state index in [2.05, 4.69) is 51.5 Å². The molecule has 1 aliphatic heterocycles. The number of nitrogens with zero attached hydrogens (tertiary/aromatic N) is 5. The van der Waals surface area contributed by atoms with Crippen LogP contribution in [0.4, 0.5) is 5.69 Å². The molecule has 0 radical (unpaired) electrons. The Kier molecular flexibility index (Phi) is 6.03. The zero-order valence-corrected chi connectivity index (χ0v) is 17.3. The largest absolute Gasteiger partial charge is 0.349 e. The molecule has 2 aromatic carbocycles. The Labute approximate surface area is 179 Å². The molecule has 0 atom stereocenters. The molecule has 31 heavy (non-hydrogen) atoms. The van der Waals surface area contributed by atoms with Gasteiger partial charge in [0.25, 0.3) is 11.6 Å². The van der Waals surface area contributed by atoms with E-state index in [0.29, 0.717) is 0 Å². The molecule has 0 unspecified atom stereocenters. The van der Waals surface area contributed by atoms with Gasteiger partial charge < -0.3 is 5.32 Å². The van der Waals surface area contributed by atoms with Crippen LogP contribution in [0.15, 0.2) is 55.1 Å². The third-order valence-electron chi connectivity index (χ3n) is 5.51. The molecule has 0 spiro atoms. The van der Waals surface area contributed by atoms with E-state index in [1.807, 2.05) is 0 Å². The highest BCUT2D eigenvalue weighted by atomic mass is 16.6. The summed E-state index contributed by atoms with van der Waals surface area (Å²) in [6.45, 7) is 4.78. The van der Waals surface area contributed by atoms with Gasteiger partial charge >= 0.3 is 0 Å². The van der Waals surface area contributed by atoms with Crippen molar-refractivity contribution in [2.24, 2.45) is 0 Å². The standard InChI is InChI=1S/C22H24N6O3/c1-16-3-2-4-17(11-16)13-26-9-7-19(8-10-26)25-22(29)18-5-6-20(21(12-18)28(30)31)27-15-23-14-24-27/h2-6,11-12,14-15,19H,7-10,13H2,1H3,(H,25,29). The lowest BCUT2D eigenvalue weighted by Gasteiger charge is -2.32. The number of piperidine rings is 1. The summed E-state index contributed by atoms with van der Waals surface area (Å²) in [5, 5.41) is 18.5. The number of nitrogens with one attached hydrogen (secondary N) is 1. The summed E-state index contributed by atoms with van der Waals surface area (Å²) in [6, 6.07) is 12.9. The molecule has 1 amide bonds. The summed E-state index contributed by atoms with van der Waals surface area (Å²) >= 11 is 0. The Balaban J connectivity index is 1.37. The van der Waals surface area contributed by atoms with Crippen LogP contribution in [-0.4, -0.2) is 49.6 Å². The predicted octanol–water partition coefficient (Wildman–Crippen LogP) is 2.88. The van der Waals surface area contributed by atoms with Crippen LogP contribution in [0, 0.1) is 17.0 Å². The minimum absolute atomic E-state index is 0.0512. The number of aromatic nitrogens is 3. The van der Waals surface area contributed by atoms with Crippen molar-refractivity contribution < 1.29 is 9.72 Å². The average molecular weight is 420 g/mol. The minimum Gasteiger partial charge on any atom is -0.349 e. The zero-order valence-electron chi connectivity index (χ0n) is 17.3. The first-order valence-electron chi connectivity index (χ1n) is 10.2. The van der Waals surface area contributed by atoms with Crippen molar-refractivity contribution in [2.75, 3.05) is 13.1 Å². The average Bonchev–Trinajstić information content (AvgIpc) is 3.29. The zero-order chi connectivity index (χ0) is 21.8. The van der Waals surface area contributed by atoms with E-state index in [4.69, 9.17) is 0 Å². The smallest absolute Gasteiger partial charge is 0.295 e. The third kappa shape index (κ3) is 4.95. The molecule has 1 fully saturated rings. The summed E-state index contributed by atoms with van der Waals surface area (Å²) in [5.41, 5.74) is 2.89. The van der Waals surface area contributed by atoms with Crippen LogP contribution in [0.1, 0.15) is 34.3 Å². The molecule has 160 valence electrons. The molecular weight excluding hydrogens is 396 g/mol. The van der Waals surface area contributed by atoms with Crippen LogP contribution < -0.4 is 5.32 Å². The van der Waals surface area contributed by atoms with Crippen LogP contribution in [0.3, 0.4) is 0 Å². The molecule has 1 aliphatic rings. The predicted molar refractivity (Wildman–Crippen MR) is 115 cm³/mol. The maximum absolute atomic E-state index is 12.7. The van der Waals surface area contributed by atoms with Crippen molar-refractivity contribution in [3.8, 4) is 5.69 Å². The number of hydrogen-bond donors (Lipinski definition) is 1. The van der Waals surface area contributed by atoms with Crippen LogP contribution in [-0.2, 0) is 6.54 Å². The van der Waals surface area contributed by atoms with Gasteiger partial charge in [-0.25, -0.2) is 9.67 Å². The molecule has 4 rings (SSSR count). The highest BCUT2D eigenvalue weighted by molar-refractivity contribution is 5.95. The number of carbonyl (C=O) groups is 1. The number of nitro benzene ring substituents is 1. The Morgan fingerprint density at radius 2 is 2.03 bits per heavy atom. The second-order valence-electron chi connectivity index (χ2n) is 7.81. The third-order valence-corrected chi connectivity index (χ3v) is 5.51. The number of rotatable bonds is 6. The Bertz CT molecular complexity index is 1070. The van der Waals surface area contributed by atoms with Gasteiger partial charge in [-0.2, -0.15) is 5.10 Å². The Morgan fingerprint density at radius 3 is 2.71 bits per heavy atom. The van der Waals surface area contributed by atoms with Crippen molar-refractivity contribution >= 4 is 11.6 Å². The van der Waals surface area contributed by atoms with Gasteiger partial charge in [-0.05, 0) is 37.5 Å². The monoisotopic (exact) mass is 420 g/mol. The number of likely N-dealkylation sites (tertiary alicyclic amines) is 1. The molecule has 1 N–H and O–H groups in total. The highest BCUT2D eigenvalue weighted by Crippen LogP contribution is 2.24. The molecular formula is C22H24N6O3. The van der Waals surface area contributed by atoms with Crippen molar-refractivity contribution in [3.63, 3.8) is 0 Å². The highest BCUT2D eigenvalue weighted by Gasteiger charge is 2.23. The number of amides is 1. The van der Waals surface area contributed by atoms with Crippen molar-refractivity contribution in [2.45, 2.75) is 32.4 Å². The summed E-state index contributed by atoms with van der Waals surface area (Å²) in [7, 11) is 0. The number of benzene rings is 2. The normalized spacial score (nSPS) is 15.0.